The van der Waals surface area contributed by atoms with Crippen LogP contribution in [0.3, 0.4) is 0 Å². The highest BCUT2D eigenvalue weighted by atomic mass is 32.2. The van der Waals surface area contributed by atoms with Crippen LogP contribution in [0, 0.1) is 0 Å². The van der Waals surface area contributed by atoms with Gasteiger partial charge in [-0.2, -0.15) is 11.8 Å². The predicted molar refractivity (Wildman–Crippen MR) is 69.2 cm³/mol. The molecule has 0 unspecified atom stereocenters. The Bertz CT molecular complexity index is 404. The van der Waals surface area contributed by atoms with E-state index in [0.29, 0.717) is 11.7 Å². The molecule has 2 amide bonds. The number of urea groups is 1. The Balaban J connectivity index is 1.58. The molecule has 20 heavy (non-hydrogen) atoms. The Hall–Kier alpha value is -1.64. The summed E-state index contributed by atoms with van der Waals surface area (Å²) in [6.07, 6.45) is 0.761. The lowest BCUT2D eigenvalue weighted by Crippen LogP contribution is -2.36. The topological polar surface area (TPSA) is 114 Å². The molecular weight excluding hydrogens is 288 g/mol. The van der Waals surface area contributed by atoms with Gasteiger partial charge in [0, 0.05) is 11.0 Å². The molecule has 0 aromatic heterocycles. The zero-order valence-electron chi connectivity index (χ0n) is 10.7. The van der Waals surface area contributed by atoms with Gasteiger partial charge in [0.15, 0.2) is 0 Å². The van der Waals surface area contributed by atoms with Gasteiger partial charge in [-0.3, -0.25) is 0 Å². The summed E-state index contributed by atoms with van der Waals surface area (Å²) in [5, 5.41) is 14.3. The van der Waals surface area contributed by atoms with Gasteiger partial charge in [-0.1, -0.05) is 6.42 Å². The maximum Gasteiger partial charge on any atom is 0.547 e. The van der Waals surface area contributed by atoms with Crippen LogP contribution in [0.1, 0.15) is 25.7 Å². The van der Waals surface area contributed by atoms with Crippen molar-refractivity contribution in [2.75, 3.05) is 5.75 Å². The monoisotopic (exact) mass is 304 g/mol. The zero-order chi connectivity index (χ0) is 14.5. The fourth-order valence-corrected chi connectivity index (χ4v) is 3.93. The van der Waals surface area contributed by atoms with E-state index in [4.69, 9.17) is 5.11 Å². The number of carbonyl (C=O) groups excluding carboxylic acids is 2. The molecule has 2 aliphatic heterocycles. The van der Waals surface area contributed by atoms with Crippen LogP contribution in [-0.4, -0.2) is 46.3 Å². The van der Waals surface area contributed by atoms with Crippen LogP contribution in [0.5, 0.6) is 0 Å². The minimum Gasteiger partial charge on any atom is -0.447 e. The zero-order valence-corrected chi connectivity index (χ0v) is 11.5. The maximum atomic E-state index is 11.2. The Morgan fingerprint density at radius 1 is 1.30 bits per heavy atom. The molecule has 0 bridgehead atoms. The average molecular weight is 304 g/mol. The van der Waals surface area contributed by atoms with Gasteiger partial charge in [-0.15, -0.1) is 0 Å². The van der Waals surface area contributed by atoms with E-state index in [2.05, 4.69) is 20.4 Å². The predicted octanol–water partition coefficient (Wildman–Crippen LogP) is 0.865. The van der Waals surface area contributed by atoms with E-state index >= 15 is 0 Å². The van der Waals surface area contributed by atoms with Crippen molar-refractivity contribution >= 4 is 29.9 Å². The van der Waals surface area contributed by atoms with E-state index in [1.54, 1.807) is 0 Å². The van der Waals surface area contributed by atoms with Gasteiger partial charge in [0.2, 0.25) is 0 Å². The van der Waals surface area contributed by atoms with Crippen LogP contribution >= 0.6 is 11.8 Å². The maximum absolute atomic E-state index is 11.2. The third kappa shape index (κ3) is 3.92. The summed E-state index contributed by atoms with van der Waals surface area (Å²) in [5.41, 5.74) is 0. The fourth-order valence-electron chi connectivity index (χ4n) is 2.38. The summed E-state index contributed by atoms with van der Waals surface area (Å²) in [7, 11) is 0. The van der Waals surface area contributed by atoms with E-state index in [9.17, 15) is 14.4 Å². The normalized spacial score (nSPS) is 27.4. The number of carbonyl (C=O) groups is 3. The van der Waals surface area contributed by atoms with E-state index in [0.717, 1.165) is 18.6 Å². The van der Waals surface area contributed by atoms with E-state index in [-0.39, 0.29) is 24.5 Å². The van der Waals surface area contributed by atoms with Crippen molar-refractivity contribution in [2.45, 2.75) is 43.0 Å². The van der Waals surface area contributed by atoms with Crippen LogP contribution in [0.2, 0.25) is 0 Å². The summed E-state index contributed by atoms with van der Waals surface area (Å²) in [6, 6.07) is 0.251. The van der Waals surface area contributed by atoms with Gasteiger partial charge >= 0.3 is 18.2 Å². The highest BCUT2D eigenvalue weighted by Gasteiger charge is 2.42. The minimum atomic E-state index is -1.64. The van der Waals surface area contributed by atoms with E-state index in [1.807, 2.05) is 11.8 Å². The molecule has 0 spiro atoms. The molecule has 2 fully saturated rings. The number of rotatable bonds is 5. The van der Waals surface area contributed by atoms with E-state index in [1.165, 1.54) is 0 Å². The number of unbranched alkanes of at least 4 members (excludes halogenated alkanes) is 1. The summed E-state index contributed by atoms with van der Waals surface area (Å²) in [5.74, 6) is 0.211. The minimum absolute atomic E-state index is 0.111. The van der Waals surface area contributed by atoms with Crippen LogP contribution in [0.4, 0.5) is 9.59 Å². The molecule has 0 saturated carbocycles. The van der Waals surface area contributed by atoms with Crippen LogP contribution in [0.25, 0.3) is 0 Å². The molecule has 112 valence electrons. The largest absolute Gasteiger partial charge is 0.547 e. The highest BCUT2D eigenvalue weighted by molar-refractivity contribution is 8.00. The smallest absolute Gasteiger partial charge is 0.447 e. The fraction of sp³-hybridized carbons (Fsp3) is 0.727. The molecule has 2 rings (SSSR count). The van der Waals surface area contributed by atoms with Crippen LogP contribution in [0.15, 0.2) is 0 Å². The molecule has 3 N–H and O–H groups in total. The number of nitrogens with one attached hydrogen (secondary N) is 2. The molecule has 0 aliphatic carbocycles. The Kier molecular flexibility index (Phi) is 4.94. The Morgan fingerprint density at radius 2 is 2.10 bits per heavy atom. The Labute approximate surface area is 119 Å². The van der Waals surface area contributed by atoms with E-state index < -0.39 is 12.1 Å². The second-order valence-corrected chi connectivity index (χ2v) is 5.94. The molecule has 2 saturated heterocycles. The van der Waals surface area contributed by atoms with Crippen molar-refractivity contribution in [2.24, 2.45) is 0 Å². The molecular formula is C11H16N2O6S. The first kappa shape index (κ1) is 14.8. The van der Waals surface area contributed by atoms with Gasteiger partial charge in [0.25, 0.3) is 0 Å². The lowest BCUT2D eigenvalue weighted by Gasteiger charge is -2.16. The number of thioether (sulfide) groups is 1. The van der Waals surface area contributed by atoms with Gasteiger partial charge in [0.1, 0.15) is 0 Å². The van der Waals surface area contributed by atoms with Crippen molar-refractivity contribution in [3.05, 3.63) is 0 Å². The lowest BCUT2D eigenvalue weighted by molar-refractivity contribution is -0.240. The summed E-state index contributed by atoms with van der Waals surface area (Å²) >= 11 is 1.81. The van der Waals surface area contributed by atoms with Crippen LogP contribution < -0.4 is 10.6 Å². The molecule has 2 aliphatic rings. The third-order valence-corrected chi connectivity index (χ3v) is 4.77. The van der Waals surface area contributed by atoms with Crippen LogP contribution in [-0.2, 0) is 14.6 Å². The molecule has 3 atom stereocenters. The number of amides is 2. The summed E-state index contributed by atoms with van der Waals surface area (Å²) in [6.45, 7) is 0. The third-order valence-electron chi connectivity index (χ3n) is 3.26. The Morgan fingerprint density at radius 3 is 2.85 bits per heavy atom. The molecule has 2 heterocycles. The number of fused-ring (bicyclic) bond motifs is 1. The van der Waals surface area contributed by atoms with Crippen molar-refractivity contribution in [1.29, 1.82) is 0 Å². The summed E-state index contributed by atoms with van der Waals surface area (Å²) < 4.78 is 0. The second-order valence-electron chi connectivity index (χ2n) is 4.67. The van der Waals surface area contributed by atoms with Gasteiger partial charge in [-0.25, -0.2) is 24.2 Å². The quantitative estimate of drug-likeness (QED) is 0.299. The van der Waals surface area contributed by atoms with Gasteiger partial charge in [0.05, 0.1) is 18.5 Å². The van der Waals surface area contributed by atoms with Gasteiger partial charge < -0.3 is 15.7 Å². The van der Waals surface area contributed by atoms with Crippen molar-refractivity contribution in [3.63, 3.8) is 0 Å². The molecule has 0 aromatic carbocycles. The number of hydrogen-bond donors (Lipinski definition) is 3. The second kappa shape index (κ2) is 6.69. The van der Waals surface area contributed by atoms with Gasteiger partial charge in [-0.05, 0) is 12.8 Å². The molecule has 0 aromatic rings. The van der Waals surface area contributed by atoms with Crippen molar-refractivity contribution in [1.82, 2.24) is 10.6 Å². The molecule has 9 heteroatoms. The molecule has 8 nitrogen and oxygen atoms in total. The first-order valence-corrected chi connectivity index (χ1v) is 7.40. The summed E-state index contributed by atoms with van der Waals surface area (Å²) in [4.78, 5) is 40.0. The van der Waals surface area contributed by atoms with Crippen molar-refractivity contribution in [3.8, 4) is 0 Å². The van der Waals surface area contributed by atoms with Crippen molar-refractivity contribution < 1.29 is 29.3 Å². The standard InChI is InChI=1S/C11H16N2O6S/c14-8(18-19-11(16)17)4-2-1-3-7-9-6(5-20-7)12-10(15)13-9/h6-7,9H,1-5H2,(H,16,17)(H2,12,13,15)/t6-,7-,9-/m1/s1. The first-order valence-electron chi connectivity index (χ1n) is 6.35. The number of hydrogen-bond acceptors (Lipinski definition) is 6. The SMILES string of the molecule is O=C1N[C@@H]2[C@@H](CS[C@@H]2CCCCC(=O)OOC(=O)O)N1. The number of carboxylic acid groups (broad SMARTS) is 1. The first-order chi connectivity index (χ1) is 9.56. The molecule has 0 radical (unpaired) electrons. The average Bonchev–Trinajstić information content (AvgIpc) is 2.92. The highest BCUT2D eigenvalue weighted by Crippen LogP contribution is 2.33. The lowest BCUT2D eigenvalue weighted by atomic mass is 10.0.